The number of fused-ring (bicyclic) bond motifs is 7. The van der Waals surface area contributed by atoms with Crippen LogP contribution in [0.5, 0.6) is 0 Å². The van der Waals surface area contributed by atoms with E-state index in [2.05, 4.69) is 62.3 Å². The van der Waals surface area contributed by atoms with Crippen molar-refractivity contribution in [2.24, 2.45) is 39.4 Å². The molecule has 38 heavy (non-hydrogen) atoms. The van der Waals surface area contributed by atoms with E-state index < -0.39 is 5.79 Å². The van der Waals surface area contributed by atoms with E-state index in [-0.39, 0.29) is 58.0 Å². The summed E-state index contributed by atoms with van der Waals surface area (Å²) in [5, 5.41) is 12.2. The summed E-state index contributed by atoms with van der Waals surface area (Å²) in [7, 11) is 0. The van der Waals surface area contributed by atoms with Crippen molar-refractivity contribution in [3.63, 3.8) is 0 Å². The lowest BCUT2D eigenvalue weighted by Gasteiger charge is -2.63. The molecule has 7 rings (SSSR count). The molecule has 0 aromatic rings. The van der Waals surface area contributed by atoms with Gasteiger partial charge in [0.15, 0.2) is 12.1 Å². The molecule has 11 atom stereocenters. The SMILES string of the molecule is CC1(C)O[C@@H]2C[C@]3(C)C4=C(CC[C@H]3C(C)(C)[C@H]2O1)[C@]1(C)CC[C@H]([C@H]2CC[C@H]3O[C@@H]2OC3(C)C)[C@@]1(C)[C@@H](O)C4. The Morgan fingerprint density at radius 1 is 0.816 bits per heavy atom. The van der Waals surface area contributed by atoms with Crippen LogP contribution in [0.4, 0.5) is 0 Å². The molecule has 2 bridgehead atoms. The van der Waals surface area contributed by atoms with Crippen molar-refractivity contribution >= 4 is 0 Å². The highest BCUT2D eigenvalue weighted by Crippen LogP contribution is 2.73. The van der Waals surface area contributed by atoms with Crippen molar-refractivity contribution in [3.8, 4) is 0 Å². The summed E-state index contributed by atoms with van der Waals surface area (Å²) >= 11 is 0. The second-order valence-electron chi connectivity index (χ2n) is 16.5. The Hall–Kier alpha value is -0.460. The van der Waals surface area contributed by atoms with Crippen LogP contribution < -0.4 is 0 Å². The van der Waals surface area contributed by atoms with Gasteiger partial charge in [0.1, 0.15) is 0 Å². The number of aliphatic hydroxyl groups is 1. The first-order valence-electron chi connectivity index (χ1n) is 15.6. The third-order valence-electron chi connectivity index (χ3n) is 13.7. The molecule has 0 aromatic carbocycles. The lowest BCUT2D eigenvalue weighted by atomic mass is 9.42. The smallest absolute Gasteiger partial charge is 0.163 e. The third kappa shape index (κ3) is 3.12. The Bertz CT molecular complexity index is 1060. The zero-order chi connectivity index (χ0) is 27.3. The average Bonchev–Trinajstić information content (AvgIpc) is 3.36. The average molecular weight is 529 g/mol. The quantitative estimate of drug-likeness (QED) is 0.381. The topological polar surface area (TPSA) is 57.2 Å². The Balaban J connectivity index is 1.26. The fourth-order valence-electron chi connectivity index (χ4n) is 11.7. The van der Waals surface area contributed by atoms with Gasteiger partial charge in [0, 0.05) is 11.3 Å². The molecular formula is C33H52O5. The first-order valence-corrected chi connectivity index (χ1v) is 15.6. The zero-order valence-corrected chi connectivity index (χ0v) is 25.4. The van der Waals surface area contributed by atoms with Gasteiger partial charge < -0.3 is 24.1 Å². The summed E-state index contributed by atoms with van der Waals surface area (Å²) in [4.78, 5) is 0. The molecule has 5 fully saturated rings. The molecule has 3 aliphatic heterocycles. The van der Waals surface area contributed by atoms with E-state index >= 15 is 0 Å². The Kier molecular flexibility index (Phi) is 5.34. The summed E-state index contributed by atoms with van der Waals surface area (Å²) in [5.74, 6) is 0.786. The standard InChI is InChI=1S/C33H52O5/c1-28(2)23-12-11-20-21(31(23,7)17-22-26(28)37-30(5,6)36-22)16-24(34)33(9)19(14-15-32(20,33)8)18-10-13-25-29(3,4)38-27(18)35-25/h18-19,22-27,34H,10-17H2,1-9H3/t18-,19-,22-,23+,24+,25-,26+,27-,31-,32+,33+/m1/s1. The predicted molar refractivity (Wildman–Crippen MR) is 146 cm³/mol. The van der Waals surface area contributed by atoms with Crippen LogP contribution in [-0.2, 0) is 18.9 Å². The Morgan fingerprint density at radius 2 is 1.55 bits per heavy atom. The minimum absolute atomic E-state index is 0.0108. The molecule has 5 heteroatoms. The van der Waals surface area contributed by atoms with Gasteiger partial charge >= 0.3 is 0 Å². The van der Waals surface area contributed by atoms with E-state index in [1.807, 2.05) is 0 Å². The lowest BCUT2D eigenvalue weighted by Crippen LogP contribution is -2.61. The van der Waals surface area contributed by atoms with E-state index in [0.29, 0.717) is 17.8 Å². The van der Waals surface area contributed by atoms with Crippen LogP contribution in [-0.4, -0.2) is 47.2 Å². The van der Waals surface area contributed by atoms with E-state index in [4.69, 9.17) is 18.9 Å². The molecule has 3 saturated heterocycles. The van der Waals surface area contributed by atoms with Crippen molar-refractivity contribution < 1.29 is 24.1 Å². The van der Waals surface area contributed by atoms with Crippen LogP contribution in [0.3, 0.4) is 0 Å². The summed E-state index contributed by atoms with van der Waals surface area (Å²) in [5.41, 5.74) is 2.95. The first-order chi connectivity index (χ1) is 17.5. The van der Waals surface area contributed by atoms with Crippen molar-refractivity contribution in [1.82, 2.24) is 0 Å². The number of rotatable bonds is 1. The van der Waals surface area contributed by atoms with Gasteiger partial charge in [0.25, 0.3) is 0 Å². The number of aliphatic hydroxyl groups excluding tert-OH is 1. The van der Waals surface area contributed by atoms with E-state index in [9.17, 15) is 5.11 Å². The van der Waals surface area contributed by atoms with Gasteiger partial charge in [-0.25, -0.2) is 0 Å². The summed E-state index contributed by atoms with van der Waals surface area (Å²) in [6.07, 6.45) is 8.66. The zero-order valence-electron chi connectivity index (χ0n) is 25.4. The number of allylic oxidation sites excluding steroid dienone is 1. The van der Waals surface area contributed by atoms with E-state index in [1.54, 1.807) is 11.1 Å². The second-order valence-corrected chi connectivity index (χ2v) is 16.5. The monoisotopic (exact) mass is 528 g/mol. The minimum Gasteiger partial charge on any atom is -0.392 e. The van der Waals surface area contributed by atoms with Crippen molar-refractivity contribution in [2.75, 3.05) is 0 Å². The molecular weight excluding hydrogens is 476 g/mol. The molecule has 0 unspecified atom stereocenters. The molecule has 0 aromatic heterocycles. The number of hydrogen-bond donors (Lipinski definition) is 1. The molecule has 0 radical (unpaired) electrons. The first kappa shape index (κ1) is 26.4. The Morgan fingerprint density at radius 3 is 2.29 bits per heavy atom. The molecule has 214 valence electrons. The highest BCUT2D eigenvalue weighted by Gasteiger charge is 2.69. The van der Waals surface area contributed by atoms with Crippen LogP contribution in [0.25, 0.3) is 0 Å². The second kappa shape index (κ2) is 7.68. The van der Waals surface area contributed by atoms with Gasteiger partial charge in [0.2, 0.25) is 0 Å². The summed E-state index contributed by atoms with van der Waals surface area (Å²) < 4.78 is 26.1. The van der Waals surface area contributed by atoms with Crippen LogP contribution in [0.1, 0.15) is 114 Å². The summed E-state index contributed by atoms with van der Waals surface area (Å²) in [6, 6.07) is 0. The maximum atomic E-state index is 12.2. The van der Waals surface area contributed by atoms with Gasteiger partial charge in [-0.2, -0.15) is 0 Å². The fraction of sp³-hybridized carbons (Fsp3) is 0.939. The highest BCUT2D eigenvalue weighted by atomic mass is 16.8. The molecule has 7 aliphatic rings. The maximum absolute atomic E-state index is 12.2. The fourth-order valence-corrected chi connectivity index (χ4v) is 11.7. The van der Waals surface area contributed by atoms with Gasteiger partial charge in [-0.3, -0.25) is 0 Å². The molecule has 5 nitrogen and oxygen atoms in total. The van der Waals surface area contributed by atoms with Crippen molar-refractivity contribution in [2.45, 2.75) is 156 Å². The third-order valence-corrected chi connectivity index (χ3v) is 13.7. The normalized spacial score (nSPS) is 55.7. The van der Waals surface area contributed by atoms with Crippen molar-refractivity contribution in [3.05, 3.63) is 11.1 Å². The van der Waals surface area contributed by atoms with Gasteiger partial charge in [-0.15, -0.1) is 0 Å². The van der Waals surface area contributed by atoms with Gasteiger partial charge in [-0.05, 0) is 107 Å². The minimum atomic E-state index is -0.527. The molecule has 2 saturated carbocycles. The van der Waals surface area contributed by atoms with Crippen LogP contribution in [0.15, 0.2) is 11.1 Å². The van der Waals surface area contributed by atoms with E-state index in [0.717, 1.165) is 44.9 Å². The summed E-state index contributed by atoms with van der Waals surface area (Å²) in [6.45, 7) is 20.8. The number of hydrogen-bond acceptors (Lipinski definition) is 5. The van der Waals surface area contributed by atoms with E-state index in [1.165, 1.54) is 6.42 Å². The predicted octanol–water partition coefficient (Wildman–Crippen LogP) is 6.77. The van der Waals surface area contributed by atoms with Crippen LogP contribution in [0.2, 0.25) is 0 Å². The van der Waals surface area contributed by atoms with Gasteiger partial charge in [-0.1, -0.05) is 45.8 Å². The van der Waals surface area contributed by atoms with Crippen LogP contribution in [0, 0.1) is 39.4 Å². The Labute approximate surface area is 230 Å². The molecule has 3 heterocycles. The van der Waals surface area contributed by atoms with Gasteiger partial charge in [0.05, 0.1) is 30.0 Å². The molecule has 4 aliphatic carbocycles. The largest absolute Gasteiger partial charge is 0.392 e. The maximum Gasteiger partial charge on any atom is 0.163 e. The lowest BCUT2D eigenvalue weighted by molar-refractivity contribution is -0.176. The van der Waals surface area contributed by atoms with Crippen molar-refractivity contribution in [1.29, 1.82) is 0 Å². The molecule has 0 spiro atoms. The molecule has 1 N–H and O–H groups in total. The molecule has 0 amide bonds. The van der Waals surface area contributed by atoms with Crippen LogP contribution >= 0.6 is 0 Å². The number of ether oxygens (including phenoxy) is 4. The highest BCUT2D eigenvalue weighted by molar-refractivity contribution is 5.41.